The average molecular weight is 217 g/mol. The second kappa shape index (κ2) is 3.93. The molecule has 1 aliphatic rings. The Morgan fingerprint density at radius 1 is 1.06 bits per heavy atom. The minimum Gasteiger partial charge on any atom is -0.273 e. The molecule has 4 amide bonds. The van der Waals surface area contributed by atoms with Gasteiger partial charge in [-0.3, -0.25) is 25.2 Å². The lowest BCUT2D eigenvalue weighted by Gasteiger charge is -2.13. The molecule has 0 aromatic carbocycles. The van der Waals surface area contributed by atoms with E-state index in [1.54, 1.807) is 18.2 Å². The molecule has 16 heavy (non-hydrogen) atoms. The summed E-state index contributed by atoms with van der Waals surface area (Å²) in [5, 5.41) is 3.95. The average Bonchev–Trinajstić information content (AvgIpc) is 2.25. The molecule has 0 spiro atoms. The van der Waals surface area contributed by atoms with Crippen molar-refractivity contribution in [2.45, 2.75) is 0 Å². The Bertz CT molecular complexity index is 471. The Hall–Kier alpha value is -2.50. The van der Waals surface area contributed by atoms with Gasteiger partial charge in [0.2, 0.25) is 0 Å². The van der Waals surface area contributed by atoms with Crippen LogP contribution in [0.2, 0.25) is 0 Å². The number of aromatic nitrogens is 1. The summed E-state index contributed by atoms with van der Waals surface area (Å²) in [6, 6.07) is 4.27. The first-order chi connectivity index (χ1) is 7.66. The van der Waals surface area contributed by atoms with Gasteiger partial charge in [0.05, 0.1) is 5.69 Å². The maximum Gasteiger partial charge on any atom is 0.328 e. The number of imide groups is 2. The molecular formula is C10H7N3O3. The third-order valence-electron chi connectivity index (χ3n) is 1.92. The van der Waals surface area contributed by atoms with Crippen LogP contribution in [0.1, 0.15) is 5.69 Å². The molecular weight excluding hydrogens is 210 g/mol. The molecule has 0 atom stereocenters. The van der Waals surface area contributed by atoms with E-state index in [0.29, 0.717) is 5.69 Å². The number of amides is 4. The van der Waals surface area contributed by atoms with Crippen LogP contribution in [-0.4, -0.2) is 22.8 Å². The molecule has 1 fully saturated rings. The van der Waals surface area contributed by atoms with E-state index in [9.17, 15) is 14.4 Å². The number of rotatable bonds is 1. The molecule has 1 aromatic heterocycles. The lowest BCUT2D eigenvalue weighted by molar-refractivity contribution is -0.123. The van der Waals surface area contributed by atoms with Crippen LogP contribution in [0.15, 0.2) is 30.0 Å². The minimum absolute atomic E-state index is 0.140. The zero-order chi connectivity index (χ0) is 11.5. The van der Waals surface area contributed by atoms with Crippen LogP contribution in [0.5, 0.6) is 0 Å². The molecule has 0 bridgehead atoms. The summed E-state index contributed by atoms with van der Waals surface area (Å²) >= 11 is 0. The van der Waals surface area contributed by atoms with Gasteiger partial charge in [0.1, 0.15) is 5.57 Å². The first-order valence-corrected chi connectivity index (χ1v) is 4.46. The largest absolute Gasteiger partial charge is 0.328 e. The lowest BCUT2D eigenvalue weighted by atomic mass is 10.1. The summed E-state index contributed by atoms with van der Waals surface area (Å²) in [5.41, 5.74) is 0.329. The lowest BCUT2D eigenvalue weighted by Crippen LogP contribution is -2.51. The van der Waals surface area contributed by atoms with Crippen molar-refractivity contribution in [3.8, 4) is 0 Å². The van der Waals surface area contributed by atoms with Crippen molar-refractivity contribution >= 4 is 23.9 Å². The number of hydrogen-bond acceptors (Lipinski definition) is 4. The first kappa shape index (κ1) is 10.0. The minimum atomic E-state index is -0.812. The van der Waals surface area contributed by atoms with Crippen molar-refractivity contribution in [1.82, 2.24) is 15.6 Å². The number of urea groups is 1. The summed E-state index contributed by atoms with van der Waals surface area (Å²) in [6.45, 7) is 0. The van der Waals surface area contributed by atoms with Crippen molar-refractivity contribution in [2.75, 3.05) is 0 Å². The predicted octanol–water partition coefficient (Wildman–Crippen LogP) is -0.169. The van der Waals surface area contributed by atoms with Gasteiger partial charge < -0.3 is 0 Å². The van der Waals surface area contributed by atoms with E-state index in [1.807, 2.05) is 10.6 Å². The highest BCUT2D eigenvalue weighted by Crippen LogP contribution is 2.06. The van der Waals surface area contributed by atoms with Gasteiger partial charge in [-0.1, -0.05) is 6.07 Å². The highest BCUT2D eigenvalue weighted by atomic mass is 16.2. The van der Waals surface area contributed by atoms with Crippen molar-refractivity contribution in [2.24, 2.45) is 0 Å². The second-order valence-corrected chi connectivity index (χ2v) is 3.05. The Labute approximate surface area is 90.4 Å². The van der Waals surface area contributed by atoms with Gasteiger partial charge in [-0.15, -0.1) is 0 Å². The molecule has 1 aromatic rings. The molecule has 0 unspecified atom stereocenters. The first-order valence-electron chi connectivity index (χ1n) is 4.46. The van der Waals surface area contributed by atoms with Gasteiger partial charge in [0.15, 0.2) is 0 Å². The van der Waals surface area contributed by atoms with Gasteiger partial charge in [-0.25, -0.2) is 4.79 Å². The molecule has 0 aliphatic carbocycles. The van der Waals surface area contributed by atoms with E-state index in [-0.39, 0.29) is 5.57 Å². The van der Waals surface area contributed by atoms with Crippen LogP contribution in [0.3, 0.4) is 0 Å². The van der Waals surface area contributed by atoms with E-state index in [2.05, 4.69) is 4.98 Å². The molecule has 6 heteroatoms. The summed E-state index contributed by atoms with van der Waals surface area (Å²) < 4.78 is 0. The van der Waals surface area contributed by atoms with Gasteiger partial charge in [0.25, 0.3) is 11.8 Å². The van der Waals surface area contributed by atoms with Crippen molar-refractivity contribution in [3.63, 3.8) is 0 Å². The maximum atomic E-state index is 11.3. The topological polar surface area (TPSA) is 88.2 Å². The molecule has 2 rings (SSSR count). The molecule has 1 aliphatic heterocycles. The van der Waals surface area contributed by atoms with Crippen LogP contribution in [0, 0.1) is 0 Å². The Balaban J connectivity index is 2.33. The number of barbiturate groups is 1. The molecule has 2 N–H and O–H groups in total. The van der Waals surface area contributed by atoms with Crippen LogP contribution in [0.4, 0.5) is 4.79 Å². The van der Waals surface area contributed by atoms with E-state index in [1.165, 1.54) is 12.3 Å². The second-order valence-electron chi connectivity index (χ2n) is 3.05. The van der Waals surface area contributed by atoms with E-state index in [0.717, 1.165) is 0 Å². The van der Waals surface area contributed by atoms with Gasteiger partial charge in [-0.05, 0) is 18.2 Å². The molecule has 80 valence electrons. The normalized spacial score (nSPS) is 15.5. The molecule has 2 heterocycles. The quantitative estimate of drug-likeness (QED) is 0.505. The third-order valence-corrected chi connectivity index (χ3v) is 1.92. The maximum absolute atomic E-state index is 11.3. The smallest absolute Gasteiger partial charge is 0.273 e. The zero-order valence-electron chi connectivity index (χ0n) is 8.06. The van der Waals surface area contributed by atoms with Crippen LogP contribution >= 0.6 is 0 Å². The summed E-state index contributed by atoms with van der Waals surface area (Å²) in [5.74, 6) is -1.45. The number of hydrogen-bond donors (Lipinski definition) is 2. The van der Waals surface area contributed by atoms with Crippen molar-refractivity contribution < 1.29 is 14.4 Å². The predicted molar refractivity (Wildman–Crippen MR) is 53.9 cm³/mol. The number of carbonyl (C=O) groups excluding carboxylic acids is 3. The number of carbonyl (C=O) groups is 3. The van der Waals surface area contributed by atoms with Gasteiger partial charge >= 0.3 is 6.03 Å². The number of nitrogens with zero attached hydrogens (tertiary/aromatic N) is 1. The number of nitrogens with one attached hydrogen (secondary N) is 2. The molecule has 0 saturated carbocycles. The SMILES string of the molecule is O=C1NC(=O)C(=Cc2ccccn2)C(=O)N1. The van der Waals surface area contributed by atoms with E-state index < -0.39 is 17.8 Å². The molecule has 0 radical (unpaired) electrons. The summed E-state index contributed by atoms with van der Waals surface area (Å²) in [7, 11) is 0. The molecule has 1 saturated heterocycles. The van der Waals surface area contributed by atoms with Crippen LogP contribution in [0.25, 0.3) is 6.08 Å². The Morgan fingerprint density at radius 3 is 2.31 bits per heavy atom. The molecule has 6 nitrogen and oxygen atoms in total. The van der Waals surface area contributed by atoms with E-state index >= 15 is 0 Å². The van der Waals surface area contributed by atoms with Crippen molar-refractivity contribution in [3.05, 3.63) is 35.7 Å². The van der Waals surface area contributed by atoms with Crippen LogP contribution in [-0.2, 0) is 9.59 Å². The van der Waals surface area contributed by atoms with Crippen LogP contribution < -0.4 is 10.6 Å². The fourth-order valence-electron chi connectivity index (χ4n) is 1.22. The van der Waals surface area contributed by atoms with E-state index in [4.69, 9.17) is 0 Å². The summed E-state index contributed by atoms with van der Waals surface area (Å²) in [6.07, 6.45) is 2.85. The fourth-order valence-corrected chi connectivity index (χ4v) is 1.22. The Morgan fingerprint density at radius 2 is 1.75 bits per heavy atom. The standard InChI is InChI=1S/C10H7N3O3/c14-8-7(9(15)13-10(16)12-8)5-6-3-1-2-4-11-6/h1-5H,(H2,12,13,14,15,16). The summed E-state index contributed by atoms with van der Waals surface area (Å²) in [4.78, 5) is 37.4. The van der Waals surface area contributed by atoms with Gasteiger partial charge in [0, 0.05) is 6.20 Å². The van der Waals surface area contributed by atoms with Gasteiger partial charge in [-0.2, -0.15) is 0 Å². The fraction of sp³-hybridized carbons (Fsp3) is 0. The number of pyridine rings is 1. The van der Waals surface area contributed by atoms with Crippen molar-refractivity contribution in [1.29, 1.82) is 0 Å². The highest BCUT2D eigenvalue weighted by Gasteiger charge is 2.27. The highest BCUT2D eigenvalue weighted by molar-refractivity contribution is 6.31. The third kappa shape index (κ3) is 1.95. The monoisotopic (exact) mass is 217 g/mol. The Kier molecular flexibility index (Phi) is 2.47. The zero-order valence-corrected chi connectivity index (χ0v) is 8.06.